The smallest absolute Gasteiger partial charge is 0.156 e. The zero-order chi connectivity index (χ0) is 13.7. The molecule has 0 unspecified atom stereocenters. The molecule has 2 aromatic rings. The lowest BCUT2D eigenvalue weighted by molar-refractivity contribution is 1.07. The molecule has 0 aliphatic carbocycles. The Kier molecular flexibility index (Phi) is 5.63. The molecule has 1 aromatic carbocycles. The molecule has 0 saturated heterocycles. The SMILES string of the molecule is Nc1nccnc1SCCSc1cc(Cl)ccc1Cl. The first-order valence-electron chi connectivity index (χ1n) is 5.44. The van der Waals surface area contributed by atoms with E-state index in [-0.39, 0.29) is 0 Å². The molecule has 0 radical (unpaired) electrons. The number of hydrogen-bond donors (Lipinski definition) is 1. The number of anilines is 1. The summed E-state index contributed by atoms with van der Waals surface area (Å²) in [5, 5.41) is 2.18. The lowest BCUT2D eigenvalue weighted by Crippen LogP contribution is -1.96. The van der Waals surface area contributed by atoms with Crippen LogP contribution in [0.3, 0.4) is 0 Å². The highest BCUT2D eigenvalue weighted by Gasteiger charge is 2.04. The van der Waals surface area contributed by atoms with E-state index in [4.69, 9.17) is 28.9 Å². The molecule has 0 atom stereocenters. The maximum absolute atomic E-state index is 6.09. The minimum atomic E-state index is 0.471. The Labute approximate surface area is 130 Å². The fourth-order valence-corrected chi connectivity index (χ4v) is 3.68. The van der Waals surface area contributed by atoms with Gasteiger partial charge in [-0.3, -0.25) is 0 Å². The van der Waals surface area contributed by atoms with Crippen molar-refractivity contribution in [3.8, 4) is 0 Å². The highest BCUT2D eigenvalue weighted by molar-refractivity contribution is 8.03. The van der Waals surface area contributed by atoms with E-state index in [1.54, 1.807) is 48.1 Å². The van der Waals surface area contributed by atoms with Crippen LogP contribution in [0.4, 0.5) is 5.82 Å². The van der Waals surface area contributed by atoms with Crippen molar-refractivity contribution >= 4 is 52.5 Å². The van der Waals surface area contributed by atoms with Crippen LogP contribution in [-0.2, 0) is 0 Å². The van der Waals surface area contributed by atoms with Crippen molar-refractivity contribution < 1.29 is 0 Å². The van der Waals surface area contributed by atoms with Gasteiger partial charge in [0.1, 0.15) is 5.03 Å². The Bertz CT molecular complexity index is 566. The Hall–Kier alpha value is -0.620. The predicted octanol–water partition coefficient (Wildman–Crippen LogP) is 4.25. The minimum Gasteiger partial charge on any atom is -0.381 e. The van der Waals surface area contributed by atoms with Crippen LogP contribution < -0.4 is 5.73 Å². The average molecular weight is 332 g/mol. The highest BCUT2D eigenvalue weighted by Crippen LogP contribution is 2.31. The van der Waals surface area contributed by atoms with Gasteiger partial charge in [-0.1, -0.05) is 23.2 Å². The molecule has 19 heavy (non-hydrogen) atoms. The molecule has 7 heteroatoms. The van der Waals surface area contributed by atoms with Crippen molar-refractivity contribution in [2.45, 2.75) is 9.92 Å². The quantitative estimate of drug-likeness (QED) is 0.655. The van der Waals surface area contributed by atoms with Gasteiger partial charge in [-0.2, -0.15) is 0 Å². The van der Waals surface area contributed by atoms with Gasteiger partial charge in [0.05, 0.1) is 5.02 Å². The van der Waals surface area contributed by atoms with Gasteiger partial charge in [0.15, 0.2) is 5.82 Å². The van der Waals surface area contributed by atoms with Crippen LogP contribution in [0.15, 0.2) is 40.5 Å². The fourth-order valence-electron chi connectivity index (χ4n) is 1.33. The van der Waals surface area contributed by atoms with Gasteiger partial charge in [0.25, 0.3) is 0 Å². The van der Waals surface area contributed by atoms with Crippen molar-refractivity contribution in [3.05, 3.63) is 40.6 Å². The molecule has 1 heterocycles. The molecule has 0 aliphatic heterocycles. The van der Waals surface area contributed by atoms with Crippen LogP contribution in [-0.4, -0.2) is 21.5 Å². The van der Waals surface area contributed by atoms with Crippen molar-refractivity contribution in [1.82, 2.24) is 9.97 Å². The summed E-state index contributed by atoms with van der Waals surface area (Å²) in [6.45, 7) is 0. The van der Waals surface area contributed by atoms with Crippen molar-refractivity contribution in [2.24, 2.45) is 0 Å². The first kappa shape index (κ1) is 14.8. The van der Waals surface area contributed by atoms with Crippen LogP contribution in [0.25, 0.3) is 0 Å². The van der Waals surface area contributed by atoms with Crippen molar-refractivity contribution in [3.63, 3.8) is 0 Å². The largest absolute Gasteiger partial charge is 0.381 e. The average Bonchev–Trinajstić information content (AvgIpc) is 2.40. The van der Waals surface area contributed by atoms with Gasteiger partial charge < -0.3 is 5.73 Å². The molecule has 1 aromatic heterocycles. The van der Waals surface area contributed by atoms with E-state index in [1.165, 1.54) is 0 Å². The van der Waals surface area contributed by atoms with Crippen LogP contribution in [0.5, 0.6) is 0 Å². The third kappa shape index (κ3) is 4.45. The van der Waals surface area contributed by atoms with Gasteiger partial charge >= 0.3 is 0 Å². The van der Waals surface area contributed by atoms with Gasteiger partial charge in [-0.25, -0.2) is 9.97 Å². The lowest BCUT2D eigenvalue weighted by atomic mass is 10.4. The predicted molar refractivity (Wildman–Crippen MR) is 84.4 cm³/mol. The molecule has 2 rings (SSSR count). The van der Waals surface area contributed by atoms with E-state index in [1.807, 2.05) is 6.07 Å². The first-order chi connectivity index (χ1) is 9.16. The molecule has 0 fully saturated rings. The van der Waals surface area contributed by atoms with Gasteiger partial charge in [0, 0.05) is 33.8 Å². The molecule has 3 nitrogen and oxygen atoms in total. The number of nitrogens with two attached hydrogens (primary N) is 1. The summed E-state index contributed by atoms with van der Waals surface area (Å²) in [7, 11) is 0. The summed E-state index contributed by atoms with van der Waals surface area (Å²) < 4.78 is 0. The number of hydrogen-bond acceptors (Lipinski definition) is 5. The van der Waals surface area contributed by atoms with E-state index in [0.29, 0.717) is 10.8 Å². The van der Waals surface area contributed by atoms with Crippen molar-refractivity contribution in [1.29, 1.82) is 0 Å². The number of nitrogen functional groups attached to an aromatic ring is 1. The summed E-state index contributed by atoms with van der Waals surface area (Å²) in [5.74, 6) is 2.23. The van der Waals surface area contributed by atoms with E-state index in [2.05, 4.69) is 9.97 Å². The summed E-state index contributed by atoms with van der Waals surface area (Å²) in [6, 6.07) is 5.46. The number of nitrogens with zero attached hydrogens (tertiary/aromatic N) is 2. The van der Waals surface area contributed by atoms with Crippen LogP contribution in [0.1, 0.15) is 0 Å². The molecular weight excluding hydrogens is 321 g/mol. The number of rotatable bonds is 5. The minimum absolute atomic E-state index is 0.471. The van der Waals surface area contributed by atoms with Crippen LogP contribution >= 0.6 is 46.7 Å². The third-order valence-electron chi connectivity index (χ3n) is 2.16. The Balaban J connectivity index is 1.84. The molecule has 0 saturated carbocycles. The van der Waals surface area contributed by atoms with E-state index < -0.39 is 0 Å². The first-order valence-corrected chi connectivity index (χ1v) is 8.16. The Morgan fingerprint density at radius 1 is 1.05 bits per heavy atom. The number of thioether (sulfide) groups is 2. The molecule has 0 spiro atoms. The zero-order valence-corrected chi connectivity index (χ0v) is 13.0. The Morgan fingerprint density at radius 2 is 1.79 bits per heavy atom. The fraction of sp³-hybridized carbons (Fsp3) is 0.167. The van der Waals surface area contributed by atoms with Gasteiger partial charge in [-0.05, 0) is 18.2 Å². The Morgan fingerprint density at radius 3 is 2.58 bits per heavy atom. The molecule has 100 valence electrons. The van der Waals surface area contributed by atoms with Gasteiger partial charge in [-0.15, -0.1) is 23.5 Å². The van der Waals surface area contributed by atoms with E-state index in [9.17, 15) is 0 Å². The standard InChI is InChI=1S/C12H11Cl2N3S2/c13-8-1-2-9(14)10(7-8)18-5-6-19-12-11(15)16-3-4-17-12/h1-4,7H,5-6H2,(H2,15,16). The highest BCUT2D eigenvalue weighted by atomic mass is 35.5. The normalized spacial score (nSPS) is 10.6. The zero-order valence-electron chi connectivity index (χ0n) is 9.85. The van der Waals surface area contributed by atoms with E-state index in [0.717, 1.165) is 26.4 Å². The monoisotopic (exact) mass is 331 g/mol. The summed E-state index contributed by atoms with van der Waals surface area (Å²) in [4.78, 5) is 9.15. The molecule has 2 N–H and O–H groups in total. The third-order valence-corrected chi connectivity index (χ3v) is 5.15. The number of benzene rings is 1. The maximum atomic E-state index is 6.09. The molecule has 0 amide bonds. The second kappa shape index (κ2) is 7.24. The summed E-state index contributed by atoms with van der Waals surface area (Å²) in [5.41, 5.74) is 5.72. The van der Waals surface area contributed by atoms with Gasteiger partial charge in [0.2, 0.25) is 0 Å². The topological polar surface area (TPSA) is 51.8 Å². The molecule has 0 bridgehead atoms. The molecular formula is C12H11Cl2N3S2. The number of halogens is 2. The molecule has 0 aliphatic rings. The van der Waals surface area contributed by atoms with E-state index >= 15 is 0 Å². The van der Waals surface area contributed by atoms with Crippen molar-refractivity contribution in [2.75, 3.05) is 17.2 Å². The summed E-state index contributed by atoms with van der Waals surface area (Å²) >= 11 is 15.3. The maximum Gasteiger partial charge on any atom is 0.156 e. The number of aromatic nitrogens is 2. The summed E-state index contributed by atoms with van der Waals surface area (Å²) in [6.07, 6.45) is 3.22. The second-order valence-corrected chi connectivity index (χ2v) is 6.58. The lowest BCUT2D eigenvalue weighted by Gasteiger charge is -2.05. The van der Waals surface area contributed by atoms with Crippen LogP contribution in [0, 0.1) is 0 Å². The second-order valence-electron chi connectivity index (χ2n) is 3.52. The van der Waals surface area contributed by atoms with Crippen LogP contribution in [0.2, 0.25) is 10.0 Å².